The first-order valence-electron chi connectivity index (χ1n) is 7.40. The van der Waals surface area contributed by atoms with E-state index in [4.69, 9.17) is 10.5 Å². The van der Waals surface area contributed by atoms with Crippen molar-refractivity contribution in [2.75, 3.05) is 19.4 Å². The Morgan fingerprint density at radius 3 is 2.60 bits per heavy atom. The van der Waals surface area contributed by atoms with Crippen molar-refractivity contribution >= 4 is 11.6 Å². The zero-order valence-electron chi connectivity index (χ0n) is 12.6. The summed E-state index contributed by atoms with van der Waals surface area (Å²) in [7, 11) is 1.55. The van der Waals surface area contributed by atoms with Gasteiger partial charge in [0.15, 0.2) is 0 Å². The molecule has 0 aliphatic carbocycles. The van der Waals surface area contributed by atoms with Gasteiger partial charge in [-0.1, -0.05) is 39.0 Å². The van der Waals surface area contributed by atoms with Gasteiger partial charge in [-0.25, -0.2) is 0 Å². The first-order valence-corrected chi connectivity index (χ1v) is 7.40. The predicted octanol–water partition coefficient (Wildman–Crippen LogP) is 3.37. The van der Waals surface area contributed by atoms with E-state index in [0.29, 0.717) is 23.5 Å². The molecule has 112 valence electrons. The van der Waals surface area contributed by atoms with Crippen LogP contribution in [0, 0.1) is 0 Å². The molecule has 0 spiro atoms. The molecule has 4 heteroatoms. The number of hydrogen-bond donors (Lipinski definition) is 2. The van der Waals surface area contributed by atoms with Crippen molar-refractivity contribution in [3.8, 4) is 5.75 Å². The summed E-state index contributed by atoms with van der Waals surface area (Å²) in [5.74, 6) is 0.433. The number of nitrogen functional groups attached to an aromatic ring is 1. The van der Waals surface area contributed by atoms with E-state index < -0.39 is 0 Å². The van der Waals surface area contributed by atoms with Crippen LogP contribution in [-0.4, -0.2) is 19.6 Å². The van der Waals surface area contributed by atoms with Gasteiger partial charge in [0, 0.05) is 12.2 Å². The summed E-state index contributed by atoms with van der Waals surface area (Å²) in [6, 6.07) is 5.09. The summed E-state index contributed by atoms with van der Waals surface area (Å²) < 4.78 is 5.18. The first kappa shape index (κ1) is 16.3. The maximum Gasteiger partial charge on any atom is 0.255 e. The molecule has 3 N–H and O–H groups in total. The molecule has 0 fully saturated rings. The fourth-order valence-electron chi connectivity index (χ4n) is 2.11. The van der Waals surface area contributed by atoms with E-state index in [9.17, 15) is 4.79 Å². The van der Waals surface area contributed by atoms with Crippen molar-refractivity contribution in [1.82, 2.24) is 5.32 Å². The van der Waals surface area contributed by atoms with E-state index in [1.807, 2.05) is 0 Å². The van der Waals surface area contributed by atoms with Crippen LogP contribution in [0.1, 0.15) is 55.8 Å². The largest absolute Gasteiger partial charge is 0.496 e. The molecule has 0 aliphatic rings. The van der Waals surface area contributed by atoms with Crippen LogP contribution in [0.2, 0.25) is 0 Å². The second-order valence-corrected chi connectivity index (χ2v) is 4.98. The van der Waals surface area contributed by atoms with Crippen LogP contribution >= 0.6 is 0 Å². The average Bonchev–Trinajstić information content (AvgIpc) is 2.46. The second kappa shape index (κ2) is 9.23. The van der Waals surface area contributed by atoms with Gasteiger partial charge >= 0.3 is 0 Å². The van der Waals surface area contributed by atoms with Gasteiger partial charge < -0.3 is 15.8 Å². The lowest BCUT2D eigenvalue weighted by Crippen LogP contribution is -2.25. The fraction of sp³-hybridized carbons (Fsp3) is 0.562. The van der Waals surface area contributed by atoms with Gasteiger partial charge in [0.2, 0.25) is 0 Å². The highest BCUT2D eigenvalue weighted by Gasteiger charge is 2.11. The van der Waals surface area contributed by atoms with Crippen LogP contribution in [0.3, 0.4) is 0 Å². The molecule has 1 aromatic carbocycles. The first-order chi connectivity index (χ1) is 9.69. The molecule has 0 saturated carbocycles. The van der Waals surface area contributed by atoms with Crippen molar-refractivity contribution < 1.29 is 9.53 Å². The number of ether oxygens (including phenoxy) is 1. The van der Waals surface area contributed by atoms with Crippen LogP contribution in [0.5, 0.6) is 5.75 Å². The highest BCUT2D eigenvalue weighted by molar-refractivity contribution is 5.97. The smallest absolute Gasteiger partial charge is 0.255 e. The van der Waals surface area contributed by atoms with Gasteiger partial charge in [0.25, 0.3) is 5.91 Å². The molecule has 0 atom stereocenters. The number of carbonyl (C=O) groups is 1. The number of benzene rings is 1. The zero-order chi connectivity index (χ0) is 14.8. The molecular formula is C16H26N2O2. The van der Waals surface area contributed by atoms with Crippen LogP contribution in [-0.2, 0) is 0 Å². The maximum atomic E-state index is 12.1. The molecule has 0 saturated heterocycles. The topological polar surface area (TPSA) is 64.4 Å². The minimum Gasteiger partial charge on any atom is -0.496 e. The third kappa shape index (κ3) is 5.51. The minimum atomic E-state index is -0.122. The van der Waals surface area contributed by atoms with Crippen molar-refractivity contribution in [2.24, 2.45) is 0 Å². The number of amides is 1. The molecule has 1 rings (SSSR count). The van der Waals surface area contributed by atoms with Crippen molar-refractivity contribution in [3.05, 3.63) is 23.8 Å². The molecule has 4 nitrogen and oxygen atoms in total. The quantitative estimate of drug-likeness (QED) is 0.537. The van der Waals surface area contributed by atoms with Crippen molar-refractivity contribution in [2.45, 2.75) is 45.4 Å². The zero-order valence-corrected chi connectivity index (χ0v) is 12.6. The number of hydrogen-bond acceptors (Lipinski definition) is 3. The number of nitrogens with one attached hydrogen (secondary N) is 1. The second-order valence-electron chi connectivity index (χ2n) is 4.98. The summed E-state index contributed by atoms with van der Waals surface area (Å²) in [4.78, 5) is 12.1. The summed E-state index contributed by atoms with van der Waals surface area (Å²) in [6.07, 6.45) is 7.26. The van der Waals surface area contributed by atoms with E-state index in [2.05, 4.69) is 12.2 Å². The summed E-state index contributed by atoms with van der Waals surface area (Å²) >= 11 is 0. The van der Waals surface area contributed by atoms with Crippen molar-refractivity contribution in [3.63, 3.8) is 0 Å². The van der Waals surface area contributed by atoms with Gasteiger partial charge in [-0.05, 0) is 24.6 Å². The van der Waals surface area contributed by atoms with Gasteiger partial charge in [0.1, 0.15) is 5.75 Å². The van der Waals surface area contributed by atoms with E-state index in [1.165, 1.54) is 25.7 Å². The molecule has 20 heavy (non-hydrogen) atoms. The standard InChI is InChI=1S/C16H26N2O2/c1-3-4-5-6-7-8-11-18-16(19)14-12-13(17)9-10-15(14)20-2/h9-10,12H,3-8,11,17H2,1-2H3,(H,18,19). The normalized spacial score (nSPS) is 10.3. The van der Waals surface area contributed by atoms with Gasteiger partial charge in [0.05, 0.1) is 12.7 Å². The lowest BCUT2D eigenvalue weighted by molar-refractivity contribution is 0.0950. The molecule has 0 aliphatic heterocycles. The Balaban J connectivity index is 2.34. The van der Waals surface area contributed by atoms with Crippen LogP contribution < -0.4 is 15.8 Å². The molecule has 1 amide bonds. The Labute approximate surface area is 121 Å². The number of unbranched alkanes of at least 4 members (excludes halogenated alkanes) is 5. The number of rotatable bonds is 9. The molecule has 0 bridgehead atoms. The van der Waals surface area contributed by atoms with Crippen LogP contribution in [0.15, 0.2) is 18.2 Å². The van der Waals surface area contributed by atoms with Gasteiger partial charge in [-0.3, -0.25) is 4.79 Å². The van der Waals surface area contributed by atoms with Gasteiger partial charge in [-0.15, -0.1) is 0 Å². The third-order valence-corrected chi connectivity index (χ3v) is 3.28. The maximum absolute atomic E-state index is 12.1. The molecule has 0 aromatic heterocycles. The van der Waals surface area contributed by atoms with Crippen LogP contribution in [0.25, 0.3) is 0 Å². The Hall–Kier alpha value is -1.71. The van der Waals surface area contributed by atoms with E-state index in [-0.39, 0.29) is 5.91 Å². The van der Waals surface area contributed by atoms with Crippen LogP contribution in [0.4, 0.5) is 5.69 Å². The number of methoxy groups -OCH3 is 1. The monoisotopic (exact) mass is 278 g/mol. The fourth-order valence-corrected chi connectivity index (χ4v) is 2.11. The average molecular weight is 278 g/mol. The van der Waals surface area contributed by atoms with Crippen molar-refractivity contribution in [1.29, 1.82) is 0 Å². The lowest BCUT2D eigenvalue weighted by Gasteiger charge is -2.10. The predicted molar refractivity (Wildman–Crippen MR) is 83.1 cm³/mol. The summed E-state index contributed by atoms with van der Waals surface area (Å²) in [5, 5.41) is 2.92. The Bertz CT molecular complexity index is 419. The summed E-state index contributed by atoms with van der Waals surface area (Å²) in [5.41, 5.74) is 6.77. The van der Waals surface area contributed by atoms with E-state index in [0.717, 1.165) is 12.8 Å². The highest BCUT2D eigenvalue weighted by atomic mass is 16.5. The number of nitrogens with two attached hydrogens (primary N) is 1. The Morgan fingerprint density at radius 1 is 1.20 bits per heavy atom. The van der Waals surface area contributed by atoms with E-state index >= 15 is 0 Å². The highest BCUT2D eigenvalue weighted by Crippen LogP contribution is 2.20. The summed E-state index contributed by atoms with van der Waals surface area (Å²) in [6.45, 7) is 2.90. The molecule has 1 aromatic rings. The lowest BCUT2D eigenvalue weighted by atomic mass is 10.1. The third-order valence-electron chi connectivity index (χ3n) is 3.28. The molecule has 0 radical (unpaired) electrons. The molecular weight excluding hydrogens is 252 g/mol. The number of anilines is 1. The minimum absolute atomic E-state index is 0.122. The Kier molecular flexibility index (Phi) is 7.55. The van der Waals surface area contributed by atoms with E-state index in [1.54, 1.807) is 25.3 Å². The van der Waals surface area contributed by atoms with Gasteiger partial charge in [-0.2, -0.15) is 0 Å². The molecule has 0 heterocycles. The SMILES string of the molecule is CCCCCCCCNC(=O)c1cc(N)ccc1OC. The Morgan fingerprint density at radius 2 is 1.90 bits per heavy atom. The molecule has 0 unspecified atom stereocenters. The number of carbonyl (C=O) groups excluding carboxylic acids is 1.